The number of pyridine rings is 1. The first kappa shape index (κ1) is 17.2. The molecule has 7 heteroatoms. The Bertz CT molecular complexity index is 634. The van der Waals surface area contributed by atoms with Gasteiger partial charge in [0.2, 0.25) is 5.88 Å². The summed E-state index contributed by atoms with van der Waals surface area (Å²) in [5.41, 5.74) is 0.257. The minimum Gasteiger partial charge on any atom is -0.476 e. The molecule has 3 heterocycles. The Hall–Kier alpha value is -1.62. The van der Waals surface area contributed by atoms with E-state index in [0.717, 1.165) is 18.5 Å². The van der Waals surface area contributed by atoms with E-state index in [1.165, 1.54) is 0 Å². The molecule has 0 saturated carbocycles. The Balaban J connectivity index is 1.74. The van der Waals surface area contributed by atoms with Crippen molar-refractivity contribution in [3.63, 3.8) is 0 Å². The maximum atomic E-state index is 9.41. The summed E-state index contributed by atoms with van der Waals surface area (Å²) in [5.74, 6) is 0.714. The van der Waals surface area contributed by atoms with E-state index in [9.17, 15) is 5.26 Å². The van der Waals surface area contributed by atoms with Crippen LogP contribution in [0.4, 0.5) is 0 Å². The van der Waals surface area contributed by atoms with Crippen LogP contribution >= 0.6 is 0 Å². The van der Waals surface area contributed by atoms with Gasteiger partial charge in [0, 0.05) is 24.2 Å². The van der Waals surface area contributed by atoms with Crippen LogP contribution in [0, 0.1) is 17.2 Å². The Labute approximate surface area is 143 Å². The summed E-state index contributed by atoms with van der Waals surface area (Å²) in [4.78, 5) is 4.31. The molecule has 2 fully saturated rings. The van der Waals surface area contributed by atoms with Crippen LogP contribution in [-0.4, -0.2) is 43.1 Å². The zero-order valence-electron chi connectivity index (χ0n) is 14.7. The smallest absolute Gasteiger partial charge is 0.476 e. The number of ether oxygens (including phenoxy) is 2. The Kier molecular flexibility index (Phi) is 4.56. The highest BCUT2D eigenvalue weighted by Crippen LogP contribution is 2.36. The van der Waals surface area contributed by atoms with Gasteiger partial charge in [0.25, 0.3) is 0 Å². The molecule has 0 spiro atoms. The number of nitrogens with zero attached hydrogens (tertiary/aromatic N) is 2. The zero-order valence-corrected chi connectivity index (χ0v) is 14.7. The Morgan fingerprint density at radius 2 is 2.04 bits per heavy atom. The lowest BCUT2D eigenvalue weighted by Crippen LogP contribution is -2.41. The third-order valence-electron chi connectivity index (χ3n) is 5.00. The first-order valence-corrected chi connectivity index (χ1v) is 8.28. The van der Waals surface area contributed by atoms with E-state index in [4.69, 9.17) is 18.8 Å². The maximum absolute atomic E-state index is 9.41. The van der Waals surface area contributed by atoms with Crippen molar-refractivity contribution in [3.05, 3.63) is 17.8 Å². The monoisotopic (exact) mass is 330 g/mol. The molecule has 1 atom stereocenters. The zero-order chi connectivity index (χ0) is 17.4. The van der Waals surface area contributed by atoms with Crippen LogP contribution in [-0.2, 0) is 14.0 Å². The van der Waals surface area contributed by atoms with Crippen molar-refractivity contribution in [2.24, 2.45) is 5.92 Å². The van der Waals surface area contributed by atoms with E-state index in [-0.39, 0.29) is 0 Å². The van der Waals surface area contributed by atoms with Gasteiger partial charge in [-0.3, -0.25) is 0 Å². The van der Waals surface area contributed by atoms with Crippen LogP contribution < -0.4 is 10.2 Å². The molecule has 1 aromatic heterocycles. The molecule has 24 heavy (non-hydrogen) atoms. The molecule has 0 aliphatic carbocycles. The molecule has 2 aliphatic rings. The van der Waals surface area contributed by atoms with E-state index < -0.39 is 18.3 Å². The fourth-order valence-electron chi connectivity index (χ4n) is 2.68. The van der Waals surface area contributed by atoms with E-state index in [2.05, 4.69) is 11.1 Å². The molecular formula is C17H23BN2O4. The van der Waals surface area contributed by atoms with Crippen LogP contribution in [0.25, 0.3) is 0 Å². The van der Waals surface area contributed by atoms with Gasteiger partial charge in [0.15, 0.2) is 0 Å². The summed E-state index contributed by atoms with van der Waals surface area (Å²) in [7, 11) is -0.535. The molecule has 1 unspecified atom stereocenters. The molecule has 0 aromatic carbocycles. The molecule has 0 radical (unpaired) electrons. The molecule has 2 aliphatic heterocycles. The molecule has 0 amide bonds. The van der Waals surface area contributed by atoms with E-state index in [1.54, 1.807) is 12.3 Å². The lowest BCUT2D eigenvalue weighted by molar-refractivity contribution is 0.00578. The van der Waals surface area contributed by atoms with Crippen molar-refractivity contribution in [2.75, 3.05) is 19.8 Å². The predicted octanol–water partition coefficient (Wildman–Crippen LogP) is 1.67. The number of hydrogen-bond donors (Lipinski definition) is 0. The summed E-state index contributed by atoms with van der Waals surface area (Å²) in [6, 6.07) is 3.88. The second-order valence-electron chi connectivity index (χ2n) is 7.36. The van der Waals surface area contributed by atoms with Crippen molar-refractivity contribution >= 4 is 12.6 Å². The van der Waals surface area contributed by atoms with Gasteiger partial charge < -0.3 is 18.8 Å². The van der Waals surface area contributed by atoms with Crippen molar-refractivity contribution < 1.29 is 18.8 Å². The van der Waals surface area contributed by atoms with Crippen LogP contribution in [0.2, 0.25) is 0 Å². The highest BCUT2D eigenvalue weighted by Gasteiger charge is 2.51. The van der Waals surface area contributed by atoms with Gasteiger partial charge in [-0.1, -0.05) is 0 Å². The standard InChI is InChI=1S/C17H23BN2O4/c1-16(2)17(3,4)24-18(23-16)14-7-13(8-19)15(20-9-14)22-11-12-5-6-21-10-12/h7,9,12H,5-6,10-11H2,1-4H3. The minimum atomic E-state index is -0.535. The first-order chi connectivity index (χ1) is 11.3. The second-order valence-corrected chi connectivity index (χ2v) is 7.36. The average molecular weight is 330 g/mol. The molecule has 3 rings (SSSR count). The van der Waals surface area contributed by atoms with Crippen LogP contribution in [0.5, 0.6) is 5.88 Å². The van der Waals surface area contributed by atoms with Crippen molar-refractivity contribution in [2.45, 2.75) is 45.3 Å². The Morgan fingerprint density at radius 1 is 1.33 bits per heavy atom. The van der Waals surface area contributed by atoms with Crippen LogP contribution in [0.1, 0.15) is 39.7 Å². The highest BCUT2D eigenvalue weighted by molar-refractivity contribution is 6.62. The molecule has 128 valence electrons. The molecule has 0 N–H and O–H groups in total. The number of aromatic nitrogens is 1. The molecular weight excluding hydrogens is 307 g/mol. The van der Waals surface area contributed by atoms with Gasteiger partial charge in [-0.05, 0) is 40.2 Å². The van der Waals surface area contributed by atoms with Gasteiger partial charge in [-0.25, -0.2) is 4.98 Å². The van der Waals surface area contributed by atoms with Gasteiger partial charge in [-0.15, -0.1) is 0 Å². The third kappa shape index (κ3) is 3.27. The maximum Gasteiger partial charge on any atom is 0.496 e. The summed E-state index contributed by atoms with van der Waals surface area (Å²) in [5, 5.41) is 9.41. The van der Waals surface area contributed by atoms with Gasteiger partial charge in [0.1, 0.15) is 11.6 Å². The van der Waals surface area contributed by atoms with Crippen molar-refractivity contribution in [3.8, 4) is 11.9 Å². The fourth-order valence-corrected chi connectivity index (χ4v) is 2.68. The quantitative estimate of drug-likeness (QED) is 0.782. The topological polar surface area (TPSA) is 73.6 Å². The molecule has 0 bridgehead atoms. The number of hydrogen-bond acceptors (Lipinski definition) is 6. The predicted molar refractivity (Wildman–Crippen MR) is 89.1 cm³/mol. The largest absolute Gasteiger partial charge is 0.496 e. The van der Waals surface area contributed by atoms with Gasteiger partial charge in [0.05, 0.1) is 24.4 Å². The van der Waals surface area contributed by atoms with Crippen LogP contribution in [0.15, 0.2) is 12.3 Å². The molecule has 2 saturated heterocycles. The summed E-state index contributed by atoms with van der Waals surface area (Å²) in [6.45, 7) is 9.96. The third-order valence-corrected chi connectivity index (χ3v) is 5.00. The second kappa shape index (κ2) is 6.36. The van der Waals surface area contributed by atoms with E-state index >= 15 is 0 Å². The van der Waals surface area contributed by atoms with Crippen molar-refractivity contribution in [1.82, 2.24) is 4.98 Å². The van der Waals surface area contributed by atoms with Gasteiger partial charge >= 0.3 is 7.12 Å². The fraction of sp³-hybridized carbons (Fsp3) is 0.647. The summed E-state index contributed by atoms with van der Waals surface area (Å²) >= 11 is 0. The number of nitriles is 1. The minimum absolute atomic E-state index is 0.352. The van der Waals surface area contributed by atoms with E-state index in [1.807, 2.05) is 27.7 Å². The SMILES string of the molecule is CC1(C)OB(c2cnc(OCC3CCOC3)c(C#N)c2)OC1(C)C. The molecule has 6 nitrogen and oxygen atoms in total. The van der Waals surface area contributed by atoms with E-state index in [0.29, 0.717) is 30.6 Å². The Morgan fingerprint density at radius 3 is 2.62 bits per heavy atom. The molecule has 1 aromatic rings. The van der Waals surface area contributed by atoms with Gasteiger partial charge in [-0.2, -0.15) is 5.26 Å². The van der Waals surface area contributed by atoms with Crippen molar-refractivity contribution in [1.29, 1.82) is 5.26 Å². The summed E-state index contributed by atoms with van der Waals surface area (Å²) < 4.78 is 23.0. The summed E-state index contributed by atoms with van der Waals surface area (Å²) in [6.07, 6.45) is 2.64. The highest BCUT2D eigenvalue weighted by atomic mass is 16.7. The van der Waals surface area contributed by atoms with Crippen LogP contribution in [0.3, 0.4) is 0 Å². The first-order valence-electron chi connectivity index (χ1n) is 8.28. The normalized spacial score (nSPS) is 24.8. The lowest BCUT2D eigenvalue weighted by Gasteiger charge is -2.32. The lowest BCUT2D eigenvalue weighted by atomic mass is 9.80. The number of rotatable bonds is 4. The average Bonchev–Trinajstić information content (AvgIpc) is 3.11.